The zero-order valence-electron chi connectivity index (χ0n) is 15.1. The molecule has 0 atom stereocenters. The Hall–Kier alpha value is -2.12. The van der Waals surface area contributed by atoms with Gasteiger partial charge in [0.2, 0.25) is 0 Å². The van der Waals surface area contributed by atoms with E-state index in [1.54, 1.807) is 24.3 Å². The van der Waals surface area contributed by atoms with Gasteiger partial charge < -0.3 is 21.1 Å². The van der Waals surface area contributed by atoms with E-state index < -0.39 is 6.03 Å². The normalized spacial score (nSPS) is 20.3. The van der Waals surface area contributed by atoms with E-state index in [9.17, 15) is 9.59 Å². The zero-order chi connectivity index (χ0) is 18.4. The summed E-state index contributed by atoms with van der Waals surface area (Å²) in [6, 6.07) is 6.18. The first-order valence-electron chi connectivity index (χ1n) is 9.37. The smallest absolute Gasteiger partial charge is 0.316 e. The van der Waals surface area contributed by atoms with Gasteiger partial charge in [0.25, 0.3) is 5.91 Å². The molecule has 26 heavy (non-hydrogen) atoms. The summed E-state index contributed by atoms with van der Waals surface area (Å²) < 4.78 is 5.50. The molecule has 3 amide bonds. The lowest BCUT2D eigenvalue weighted by Crippen LogP contribution is -2.59. The van der Waals surface area contributed by atoms with Gasteiger partial charge in [0.15, 0.2) is 0 Å². The SMILES string of the molecule is NC(=O)Nc1cccc(C(=O)NCC2(N3CCOCC3)CCCCC2)c1. The molecule has 1 aliphatic carbocycles. The number of hydrogen-bond acceptors (Lipinski definition) is 4. The summed E-state index contributed by atoms with van der Waals surface area (Å²) in [6.45, 7) is 4.01. The number of morpholine rings is 1. The summed E-state index contributed by atoms with van der Waals surface area (Å²) in [5, 5.41) is 5.62. The second-order valence-electron chi connectivity index (χ2n) is 7.14. The van der Waals surface area contributed by atoms with Gasteiger partial charge >= 0.3 is 6.03 Å². The molecule has 2 fully saturated rings. The number of benzene rings is 1. The van der Waals surface area contributed by atoms with E-state index in [0.29, 0.717) is 17.8 Å². The summed E-state index contributed by atoms with van der Waals surface area (Å²) >= 11 is 0. The van der Waals surface area contributed by atoms with Gasteiger partial charge in [-0.1, -0.05) is 25.3 Å². The monoisotopic (exact) mass is 360 g/mol. The number of carbonyl (C=O) groups is 2. The molecule has 1 heterocycles. The second kappa shape index (κ2) is 8.51. The zero-order valence-corrected chi connectivity index (χ0v) is 15.1. The van der Waals surface area contributed by atoms with Crippen molar-refractivity contribution in [2.24, 2.45) is 5.73 Å². The number of nitrogens with one attached hydrogen (secondary N) is 2. The molecule has 2 aliphatic rings. The number of carbonyl (C=O) groups excluding carboxylic acids is 2. The highest BCUT2D eigenvalue weighted by Gasteiger charge is 2.38. The molecule has 0 aromatic heterocycles. The first kappa shape index (κ1) is 18.7. The van der Waals surface area contributed by atoms with Crippen LogP contribution in [-0.2, 0) is 4.74 Å². The van der Waals surface area contributed by atoms with Crippen LogP contribution in [0, 0.1) is 0 Å². The highest BCUT2D eigenvalue weighted by Crippen LogP contribution is 2.34. The molecule has 1 aromatic carbocycles. The van der Waals surface area contributed by atoms with Crippen molar-refractivity contribution in [2.45, 2.75) is 37.6 Å². The highest BCUT2D eigenvalue weighted by molar-refractivity contribution is 5.96. The molecule has 1 saturated carbocycles. The Morgan fingerprint density at radius 3 is 2.58 bits per heavy atom. The molecular formula is C19H28N4O3. The fraction of sp³-hybridized carbons (Fsp3) is 0.579. The fourth-order valence-corrected chi connectivity index (χ4v) is 4.08. The van der Waals surface area contributed by atoms with Gasteiger partial charge in [0, 0.05) is 36.4 Å². The minimum absolute atomic E-state index is 0.0285. The number of amides is 3. The van der Waals surface area contributed by atoms with Crippen molar-refractivity contribution >= 4 is 17.6 Å². The Balaban J connectivity index is 1.66. The lowest BCUT2D eigenvalue weighted by molar-refractivity contribution is -0.0361. The molecule has 4 N–H and O–H groups in total. The maximum Gasteiger partial charge on any atom is 0.316 e. The Morgan fingerprint density at radius 2 is 1.88 bits per heavy atom. The predicted octanol–water partition coefficient (Wildman–Crippen LogP) is 1.94. The average molecular weight is 360 g/mol. The number of primary amides is 1. The van der Waals surface area contributed by atoms with Crippen LogP contribution in [0.2, 0.25) is 0 Å². The molecule has 0 spiro atoms. The van der Waals surface area contributed by atoms with E-state index in [-0.39, 0.29) is 11.4 Å². The first-order chi connectivity index (χ1) is 12.6. The number of ether oxygens (including phenoxy) is 1. The van der Waals surface area contributed by atoms with Crippen LogP contribution in [0.25, 0.3) is 0 Å². The number of hydrogen-bond donors (Lipinski definition) is 3. The molecule has 0 bridgehead atoms. The fourth-order valence-electron chi connectivity index (χ4n) is 4.08. The van der Waals surface area contributed by atoms with Gasteiger partial charge in [-0.3, -0.25) is 9.69 Å². The Labute approximate surface area is 154 Å². The van der Waals surface area contributed by atoms with Crippen molar-refractivity contribution < 1.29 is 14.3 Å². The molecule has 7 nitrogen and oxygen atoms in total. The minimum Gasteiger partial charge on any atom is -0.379 e. The Bertz CT molecular complexity index is 637. The third-order valence-corrected chi connectivity index (χ3v) is 5.44. The average Bonchev–Trinajstić information content (AvgIpc) is 2.67. The predicted molar refractivity (Wildman–Crippen MR) is 100 cm³/mol. The molecule has 1 saturated heterocycles. The van der Waals surface area contributed by atoms with Crippen LogP contribution >= 0.6 is 0 Å². The number of anilines is 1. The van der Waals surface area contributed by atoms with Crippen molar-refractivity contribution in [3.8, 4) is 0 Å². The molecule has 3 rings (SSSR count). The Morgan fingerprint density at radius 1 is 1.15 bits per heavy atom. The lowest BCUT2D eigenvalue weighted by atomic mass is 9.79. The minimum atomic E-state index is -0.643. The number of rotatable bonds is 5. The van der Waals surface area contributed by atoms with Crippen LogP contribution in [0.3, 0.4) is 0 Å². The van der Waals surface area contributed by atoms with Crippen molar-refractivity contribution in [2.75, 3.05) is 38.2 Å². The summed E-state index contributed by atoms with van der Waals surface area (Å²) in [6.07, 6.45) is 5.88. The third kappa shape index (κ3) is 4.53. The van der Waals surface area contributed by atoms with Crippen molar-refractivity contribution in [3.05, 3.63) is 29.8 Å². The Kier molecular flexibility index (Phi) is 6.11. The highest BCUT2D eigenvalue weighted by atomic mass is 16.5. The maximum absolute atomic E-state index is 12.7. The summed E-state index contributed by atoms with van der Waals surface area (Å²) in [5.74, 6) is -0.128. The van der Waals surface area contributed by atoms with Gasteiger partial charge in [-0.25, -0.2) is 4.79 Å². The molecule has 7 heteroatoms. The number of urea groups is 1. The maximum atomic E-state index is 12.7. The van der Waals surface area contributed by atoms with E-state index in [0.717, 1.165) is 39.1 Å². The van der Waals surface area contributed by atoms with Crippen LogP contribution in [0.1, 0.15) is 42.5 Å². The van der Waals surface area contributed by atoms with Gasteiger partial charge in [-0.15, -0.1) is 0 Å². The van der Waals surface area contributed by atoms with Crippen LogP contribution in [0.5, 0.6) is 0 Å². The largest absolute Gasteiger partial charge is 0.379 e. The van der Waals surface area contributed by atoms with Crippen LogP contribution in [0.15, 0.2) is 24.3 Å². The van der Waals surface area contributed by atoms with Gasteiger partial charge in [0.1, 0.15) is 0 Å². The van der Waals surface area contributed by atoms with E-state index >= 15 is 0 Å². The molecule has 0 radical (unpaired) electrons. The van der Waals surface area contributed by atoms with Crippen molar-refractivity contribution in [1.29, 1.82) is 0 Å². The molecule has 0 unspecified atom stereocenters. The first-order valence-corrected chi connectivity index (χ1v) is 9.37. The van der Waals surface area contributed by atoms with Crippen LogP contribution in [-0.4, -0.2) is 55.2 Å². The van der Waals surface area contributed by atoms with Crippen molar-refractivity contribution in [1.82, 2.24) is 10.2 Å². The number of nitrogens with two attached hydrogens (primary N) is 1. The summed E-state index contributed by atoms with van der Waals surface area (Å²) in [4.78, 5) is 26.1. The van der Waals surface area contributed by atoms with E-state index in [1.807, 2.05) is 0 Å². The molecule has 1 aromatic rings. The van der Waals surface area contributed by atoms with E-state index in [1.165, 1.54) is 19.3 Å². The topological polar surface area (TPSA) is 96.7 Å². The van der Waals surface area contributed by atoms with E-state index in [2.05, 4.69) is 15.5 Å². The molecule has 142 valence electrons. The second-order valence-corrected chi connectivity index (χ2v) is 7.14. The van der Waals surface area contributed by atoms with Crippen LogP contribution in [0.4, 0.5) is 10.5 Å². The quantitative estimate of drug-likeness (QED) is 0.748. The lowest BCUT2D eigenvalue weighted by Gasteiger charge is -2.48. The number of nitrogens with zero attached hydrogens (tertiary/aromatic N) is 1. The van der Waals surface area contributed by atoms with Gasteiger partial charge in [-0.05, 0) is 31.0 Å². The summed E-state index contributed by atoms with van der Waals surface area (Å²) in [7, 11) is 0. The molecule has 1 aliphatic heterocycles. The molecular weight excluding hydrogens is 332 g/mol. The van der Waals surface area contributed by atoms with Gasteiger partial charge in [-0.2, -0.15) is 0 Å². The van der Waals surface area contributed by atoms with Gasteiger partial charge in [0.05, 0.1) is 13.2 Å². The third-order valence-electron chi connectivity index (χ3n) is 5.44. The van der Waals surface area contributed by atoms with Crippen molar-refractivity contribution in [3.63, 3.8) is 0 Å². The van der Waals surface area contributed by atoms with Crippen LogP contribution < -0.4 is 16.4 Å². The van der Waals surface area contributed by atoms with E-state index in [4.69, 9.17) is 10.5 Å². The standard InChI is InChI=1S/C19H28N4O3/c20-18(25)22-16-6-4-5-15(13-16)17(24)21-14-19(7-2-1-3-8-19)23-9-11-26-12-10-23/h4-6,13H,1-3,7-12,14H2,(H,21,24)(H3,20,22,25). The summed E-state index contributed by atoms with van der Waals surface area (Å²) in [5.41, 5.74) is 6.21.